The molecule has 2 aromatic heterocycles. The molecule has 0 atom stereocenters. The molecule has 2 rings (SSSR count). The number of hydrogen-bond acceptors (Lipinski definition) is 7. The van der Waals surface area contributed by atoms with Gasteiger partial charge in [0.25, 0.3) is 5.91 Å². The molecule has 0 radical (unpaired) electrons. The summed E-state index contributed by atoms with van der Waals surface area (Å²) in [5.41, 5.74) is 1.62. The van der Waals surface area contributed by atoms with Gasteiger partial charge in [-0.15, -0.1) is 5.10 Å². The zero-order valence-corrected chi connectivity index (χ0v) is 13.4. The summed E-state index contributed by atoms with van der Waals surface area (Å²) in [4.78, 5) is 16.8. The number of carbonyl (C=O) groups is 1. The van der Waals surface area contributed by atoms with Gasteiger partial charge in [-0.1, -0.05) is 17.5 Å². The summed E-state index contributed by atoms with van der Waals surface area (Å²) in [5, 5.41) is 6.76. The predicted octanol–water partition coefficient (Wildman–Crippen LogP) is 1.45. The molecule has 0 saturated heterocycles. The van der Waals surface area contributed by atoms with Gasteiger partial charge in [-0.2, -0.15) is 0 Å². The predicted molar refractivity (Wildman–Crippen MR) is 82.1 cm³/mol. The Balaban J connectivity index is 1.85. The highest BCUT2D eigenvalue weighted by Gasteiger charge is 2.14. The van der Waals surface area contributed by atoms with E-state index in [0.29, 0.717) is 36.9 Å². The van der Waals surface area contributed by atoms with Crippen molar-refractivity contribution < 1.29 is 14.3 Å². The van der Waals surface area contributed by atoms with Crippen molar-refractivity contribution in [2.75, 3.05) is 20.3 Å². The van der Waals surface area contributed by atoms with E-state index in [-0.39, 0.29) is 5.91 Å². The van der Waals surface area contributed by atoms with Crippen LogP contribution in [0.1, 0.15) is 27.9 Å². The minimum absolute atomic E-state index is 0.160. The summed E-state index contributed by atoms with van der Waals surface area (Å²) in [6.07, 6.45) is 2.36. The van der Waals surface area contributed by atoms with Crippen molar-refractivity contribution in [3.8, 4) is 5.88 Å². The number of aromatic nitrogens is 3. The molecule has 0 aliphatic heterocycles. The Labute approximate surface area is 132 Å². The Morgan fingerprint density at radius 2 is 2.23 bits per heavy atom. The van der Waals surface area contributed by atoms with Gasteiger partial charge in [0, 0.05) is 25.9 Å². The van der Waals surface area contributed by atoms with Crippen LogP contribution >= 0.6 is 11.5 Å². The highest BCUT2D eigenvalue weighted by Crippen LogP contribution is 2.12. The van der Waals surface area contributed by atoms with E-state index >= 15 is 0 Å². The number of nitrogens with zero attached hydrogens (tertiary/aromatic N) is 3. The summed E-state index contributed by atoms with van der Waals surface area (Å²) >= 11 is 1.11. The van der Waals surface area contributed by atoms with Crippen LogP contribution in [-0.4, -0.2) is 40.8 Å². The molecule has 2 heterocycles. The van der Waals surface area contributed by atoms with Crippen molar-refractivity contribution in [1.29, 1.82) is 0 Å². The largest absolute Gasteiger partial charge is 0.475 e. The lowest BCUT2D eigenvalue weighted by Crippen LogP contribution is -2.23. The number of ether oxygens (including phenoxy) is 2. The molecule has 0 bridgehead atoms. The van der Waals surface area contributed by atoms with Crippen LogP contribution in [0.25, 0.3) is 0 Å². The number of pyridine rings is 1. The third-order valence-corrected chi connectivity index (χ3v) is 3.65. The fourth-order valence-corrected chi connectivity index (χ4v) is 2.37. The molecular formula is C14H18N4O3S. The maximum absolute atomic E-state index is 12.1. The standard InChI is InChI=1S/C14H18N4O3S/c1-3-11-13(22-18-17-11)14(19)16-9-10-4-5-12(15-8-10)21-7-6-20-2/h4-5,8H,3,6-7,9H2,1-2H3,(H,16,19). The van der Waals surface area contributed by atoms with Crippen LogP contribution in [0.15, 0.2) is 18.3 Å². The minimum atomic E-state index is -0.160. The van der Waals surface area contributed by atoms with Gasteiger partial charge in [-0.3, -0.25) is 4.79 Å². The SMILES string of the molecule is CCc1nnsc1C(=O)NCc1ccc(OCCOC)nc1. The summed E-state index contributed by atoms with van der Waals surface area (Å²) in [6.45, 7) is 3.31. The highest BCUT2D eigenvalue weighted by molar-refractivity contribution is 7.08. The van der Waals surface area contributed by atoms with E-state index in [4.69, 9.17) is 9.47 Å². The zero-order valence-electron chi connectivity index (χ0n) is 12.5. The van der Waals surface area contributed by atoms with Gasteiger partial charge in [0.2, 0.25) is 5.88 Å². The van der Waals surface area contributed by atoms with Crippen LogP contribution in [0, 0.1) is 0 Å². The number of carbonyl (C=O) groups excluding carboxylic acids is 1. The normalized spacial score (nSPS) is 10.5. The average Bonchev–Trinajstić information content (AvgIpc) is 3.03. The summed E-state index contributed by atoms with van der Waals surface area (Å²) < 4.78 is 14.1. The Hall–Kier alpha value is -2.06. The van der Waals surface area contributed by atoms with Gasteiger partial charge in [0.05, 0.1) is 12.3 Å². The number of amides is 1. The molecule has 2 aromatic rings. The molecule has 0 aliphatic carbocycles. The van der Waals surface area contributed by atoms with Gasteiger partial charge < -0.3 is 14.8 Å². The first-order valence-electron chi connectivity index (χ1n) is 6.90. The molecule has 22 heavy (non-hydrogen) atoms. The second-order valence-corrected chi connectivity index (χ2v) is 5.19. The first-order chi connectivity index (χ1) is 10.7. The molecule has 1 N–H and O–H groups in total. The Bertz CT molecular complexity index is 600. The van der Waals surface area contributed by atoms with Crippen LogP contribution in [0.4, 0.5) is 0 Å². The Kier molecular flexibility index (Phi) is 6.23. The Morgan fingerprint density at radius 1 is 1.36 bits per heavy atom. The Morgan fingerprint density at radius 3 is 2.91 bits per heavy atom. The van der Waals surface area contributed by atoms with E-state index in [1.54, 1.807) is 19.4 Å². The second-order valence-electron chi connectivity index (χ2n) is 4.43. The highest BCUT2D eigenvalue weighted by atomic mass is 32.1. The minimum Gasteiger partial charge on any atom is -0.475 e. The number of methoxy groups -OCH3 is 1. The number of aryl methyl sites for hydroxylation is 1. The fourth-order valence-electron chi connectivity index (χ4n) is 1.71. The van der Waals surface area contributed by atoms with Crippen LogP contribution in [0.5, 0.6) is 5.88 Å². The monoisotopic (exact) mass is 322 g/mol. The van der Waals surface area contributed by atoms with E-state index < -0.39 is 0 Å². The van der Waals surface area contributed by atoms with Crippen molar-refractivity contribution >= 4 is 17.4 Å². The van der Waals surface area contributed by atoms with Gasteiger partial charge in [-0.25, -0.2) is 4.98 Å². The molecule has 0 aromatic carbocycles. The number of hydrogen-bond donors (Lipinski definition) is 1. The molecule has 0 unspecified atom stereocenters. The van der Waals surface area contributed by atoms with Crippen molar-refractivity contribution in [3.05, 3.63) is 34.5 Å². The van der Waals surface area contributed by atoms with E-state index in [1.165, 1.54) is 0 Å². The maximum atomic E-state index is 12.1. The molecule has 0 saturated carbocycles. The number of nitrogens with one attached hydrogen (secondary N) is 1. The molecule has 118 valence electrons. The molecule has 1 amide bonds. The summed E-state index contributed by atoms with van der Waals surface area (Å²) in [5.74, 6) is 0.374. The van der Waals surface area contributed by atoms with Crippen LogP contribution in [0.3, 0.4) is 0 Å². The maximum Gasteiger partial charge on any atom is 0.265 e. The first kappa shape index (κ1) is 16.3. The smallest absolute Gasteiger partial charge is 0.265 e. The third-order valence-electron chi connectivity index (χ3n) is 2.88. The van der Waals surface area contributed by atoms with E-state index in [1.807, 2.05) is 13.0 Å². The second kappa shape index (κ2) is 8.40. The molecular weight excluding hydrogens is 304 g/mol. The first-order valence-corrected chi connectivity index (χ1v) is 7.68. The van der Waals surface area contributed by atoms with E-state index in [0.717, 1.165) is 22.8 Å². The van der Waals surface area contributed by atoms with Gasteiger partial charge >= 0.3 is 0 Å². The lowest BCUT2D eigenvalue weighted by molar-refractivity contribution is 0.0954. The topological polar surface area (TPSA) is 86.2 Å². The van der Waals surface area contributed by atoms with Crippen molar-refractivity contribution in [2.24, 2.45) is 0 Å². The fraction of sp³-hybridized carbons (Fsp3) is 0.429. The zero-order chi connectivity index (χ0) is 15.8. The summed E-state index contributed by atoms with van der Waals surface area (Å²) in [7, 11) is 1.62. The number of rotatable bonds is 8. The third kappa shape index (κ3) is 4.47. The lowest BCUT2D eigenvalue weighted by atomic mass is 10.2. The van der Waals surface area contributed by atoms with Gasteiger partial charge in [-0.05, 0) is 23.5 Å². The van der Waals surface area contributed by atoms with Crippen molar-refractivity contribution in [2.45, 2.75) is 19.9 Å². The van der Waals surface area contributed by atoms with Crippen LogP contribution in [0.2, 0.25) is 0 Å². The molecule has 8 heteroatoms. The summed E-state index contributed by atoms with van der Waals surface area (Å²) in [6, 6.07) is 3.63. The lowest BCUT2D eigenvalue weighted by Gasteiger charge is -2.06. The van der Waals surface area contributed by atoms with Crippen LogP contribution in [-0.2, 0) is 17.7 Å². The van der Waals surface area contributed by atoms with Crippen molar-refractivity contribution in [3.63, 3.8) is 0 Å². The quantitative estimate of drug-likeness (QED) is 0.740. The molecule has 0 fully saturated rings. The molecule has 0 spiro atoms. The van der Waals surface area contributed by atoms with Gasteiger partial charge in [0.1, 0.15) is 11.5 Å². The molecule has 0 aliphatic rings. The van der Waals surface area contributed by atoms with Gasteiger partial charge in [0.15, 0.2) is 0 Å². The van der Waals surface area contributed by atoms with Crippen molar-refractivity contribution in [1.82, 2.24) is 19.9 Å². The van der Waals surface area contributed by atoms with E-state index in [9.17, 15) is 4.79 Å². The average molecular weight is 322 g/mol. The van der Waals surface area contributed by atoms with Crippen LogP contribution < -0.4 is 10.1 Å². The molecule has 7 nitrogen and oxygen atoms in total. The van der Waals surface area contributed by atoms with E-state index in [2.05, 4.69) is 19.9 Å².